The second-order valence-electron chi connectivity index (χ2n) is 6.96. The number of hydrogen-bond donors (Lipinski definition) is 0. The molecule has 1 aliphatic carbocycles. The van der Waals surface area contributed by atoms with Crippen molar-refractivity contribution in [3.8, 4) is 11.1 Å². The normalized spacial score (nSPS) is 19.8. The summed E-state index contributed by atoms with van der Waals surface area (Å²) < 4.78 is 22.6. The fraction of sp³-hybridized carbons (Fsp3) is 0.263. The quantitative estimate of drug-likeness (QED) is 0.688. The van der Waals surface area contributed by atoms with E-state index in [2.05, 4.69) is 24.3 Å². The summed E-state index contributed by atoms with van der Waals surface area (Å²) in [5.74, 6) is 3.30. The van der Waals surface area contributed by atoms with Gasteiger partial charge in [0, 0.05) is 0 Å². The van der Waals surface area contributed by atoms with Gasteiger partial charge in [-0.2, -0.15) is 0 Å². The van der Waals surface area contributed by atoms with Gasteiger partial charge in [-0.1, -0.05) is 0 Å². The van der Waals surface area contributed by atoms with Crippen molar-refractivity contribution in [2.24, 2.45) is 0 Å². The van der Waals surface area contributed by atoms with Crippen molar-refractivity contribution in [2.45, 2.75) is 5.41 Å². The molecule has 0 saturated carbocycles. The van der Waals surface area contributed by atoms with E-state index in [9.17, 15) is 0 Å². The van der Waals surface area contributed by atoms with Crippen LogP contribution in [0.25, 0.3) is 11.1 Å². The second-order valence-corrected chi connectivity index (χ2v) is 6.96. The summed E-state index contributed by atoms with van der Waals surface area (Å²) in [6.07, 6.45) is 0. The fourth-order valence-corrected chi connectivity index (χ4v) is 4.23. The zero-order valence-corrected chi connectivity index (χ0v) is 14.9. The average molecular weight is 352 g/mol. The molecule has 2 fully saturated rings. The molecule has 0 atom stereocenters. The Morgan fingerprint density at radius 1 is 0.704 bits per heavy atom. The average Bonchev–Trinajstić information content (AvgIpc) is 3.46. The Bertz CT molecular complexity index is 844. The SMILES string of the molecule is [B]=CC1(C=[B])c2cc(B3OCCO3)ccc2-c2ccc(B3OCCO3)cc21. The molecule has 2 aromatic rings. The van der Waals surface area contributed by atoms with Crippen LogP contribution in [0.5, 0.6) is 0 Å². The molecule has 0 spiro atoms. The third kappa shape index (κ3) is 2.59. The Morgan fingerprint density at radius 2 is 1.11 bits per heavy atom. The number of benzene rings is 2. The van der Waals surface area contributed by atoms with E-state index in [1.165, 1.54) is 0 Å². The summed E-state index contributed by atoms with van der Waals surface area (Å²) in [6.45, 7) is 2.40. The van der Waals surface area contributed by atoms with E-state index in [1.54, 1.807) is 11.9 Å². The third-order valence-corrected chi connectivity index (χ3v) is 5.58. The van der Waals surface area contributed by atoms with Crippen molar-refractivity contribution in [1.29, 1.82) is 0 Å². The molecule has 0 unspecified atom stereocenters. The van der Waals surface area contributed by atoms with Crippen LogP contribution in [-0.4, -0.2) is 67.6 Å². The molecule has 128 valence electrons. The molecule has 2 radical (unpaired) electrons. The van der Waals surface area contributed by atoms with Crippen LogP contribution in [0.3, 0.4) is 0 Å². The van der Waals surface area contributed by atoms with E-state index < -0.39 is 5.41 Å². The maximum atomic E-state index is 6.15. The topological polar surface area (TPSA) is 36.9 Å². The van der Waals surface area contributed by atoms with Crippen LogP contribution in [-0.2, 0) is 24.0 Å². The molecule has 2 saturated heterocycles. The van der Waals surface area contributed by atoms with Crippen LogP contribution in [0.15, 0.2) is 36.4 Å². The van der Waals surface area contributed by atoms with Crippen LogP contribution in [0.2, 0.25) is 0 Å². The minimum atomic E-state index is -0.687. The van der Waals surface area contributed by atoms with Crippen molar-refractivity contribution in [1.82, 2.24) is 0 Å². The Balaban J connectivity index is 1.65. The van der Waals surface area contributed by atoms with Crippen molar-refractivity contribution >= 4 is 52.1 Å². The van der Waals surface area contributed by atoms with Gasteiger partial charge < -0.3 is 0 Å². The Morgan fingerprint density at radius 3 is 1.48 bits per heavy atom. The van der Waals surface area contributed by atoms with E-state index in [4.69, 9.17) is 33.6 Å². The number of hydrogen-bond acceptors (Lipinski definition) is 4. The van der Waals surface area contributed by atoms with Crippen LogP contribution in [0, 0.1) is 0 Å². The predicted octanol–water partition coefficient (Wildman–Crippen LogP) is -0.621. The molecule has 2 heterocycles. The summed E-state index contributed by atoms with van der Waals surface area (Å²) in [6, 6.07) is 12.4. The molecule has 5 rings (SSSR count). The fourth-order valence-electron chi connectivity index (χ4n) is 4.23. The van der Waals surface area contributed by atoms with Crippen LogP contribution in [0.4, 0.5) is 0 Å². The van der Waals surface area contributed by atoms with Crippen molar-refractivity contribution in [2.75, 3.05) is 26.4 Å². The number of fused-ring (bicyclic) bond motifs is 3. The molecule has 27 heavy (non-hydrogen) atoms. The molecular weight excluding hydrogens is 335 g/mol. The maximum absolute atomic E-state index is 6.15. The van der Waals surface area contributed by atoms with Gasteiger partial charge in [0.15, 0.2) is 0 Å². The standard InChI is InChI=1S/C19H16B4O4/c20-11-19(12-21)17-9-13(22-24-5-6-25-22)1-3-15(17)16-4-2-14(10-18(16)19)23-26-7-8-27-23/h1-4,9-12H,5-8H2. The first-order chi connectivity index (χ1) is 13.3. The van der Waals surface area contributed by atoms with Crippen molar-refractivity contribution in [3.05, 3.63) is 47.5 Å². The summed E-state index contributed by atoms with van der Waals surface area (Å²) in [5.41, 5.74) is 5.53. The van der Waals surface area contributed by atoms with E-state index in [-0.39, 0.29) is 14.2 Å². The number of rotatable bonds is 4. The van der Waals surface area contributed by atoms with Crippen LogP contribution in [0.1, 0.15) is 11.1 Å². The summed E-state index contributed by atoms with van der Waals surface area (Å²) >= 11 is 0. The van der Waals surface area contributed by atoms with Gasteiger partial charge in [0.05, 0.1) is 0 Å². The molecule has 8 heteroatoms. The van der Waals surface area contributed by atoms with Gasteiger partial charge in [0.25, 0.3) is 0 Å². The molecule has 2 aromatic carbocycles. The van der Waals surface area contributed by atoms with Gasteiger partial charge in [-0.3, -0.25) is 0 Å². The Labute approximate surface area is 161 Å². The van der Waals surface area contributed by atoms with E-state index in [0.29, 0.717) is 26.4 Å². The Hall–Kier alpha value is -1.72. The summed E-state index contributed by atoms with van der Waals surface area (Å²) in [7, 11) is 11.6. The molecule has 3 aliphatic rings. The van der Waals surface area contributed by atoms with Crippen molar-refractivity contribution in [3.63, 3.8) is 0 Å². The molecule has 0 bridgehead atoms. The molecule has 0 N–H and O–H groups in total. The van der Waals surface area contributed by atoms with Crippen molar-refractivity contribution < 1.29 is 18.6 Å². The second kappa shape index (κ2) is 6.71. The zero-order chi connectivity index (χ0) is 18.4. The third-order valence-electron chi connectivity index (χ3n) is 5.58. The van der Waals surface area contributed by atoms with Crippen LogP contribution >= 0.6 is 0 Å². The molecule has 0 aromatic heterocycles. The van der Waals surface area contributed by atoms with Gasteiger partial charge in [-0.25, -0.2) is 0 Å². The molecular formula is C19H16B4O4. The predicted molar refractivity (Wildman–Crippen MR) is 111 cm³/mol. The first-order valence-electron chi connectivity index (χ1n) is 9.14. The molecule has 2 aliphatic heterocycles. The molecule has 0 amide bonds. The van der Waals surface area contributed by atoms with E-state index >= 15 is 0 Å². The van der Waals surface area contributed by atoms with E-state index in [0.717, 1.165) is 33.2 Å². The molecule has 4 nitrogen and oxygen atoms in total. The minimum absolute atomic E-state index is 0.344. The van der Waals surface area contributed by atoms with Gasteiger partial charge in [0.2, 0.25) is 0 Å². The van der Waals surface area contributed by atoms with E-state index in [1.807, 2.05) is 12.1 Å². The van der Waals surface area contributed by atoms with Crippen LogP contribution < -0.4 is 10.9 Å². The first-order valence-corrected chi connectivity index (χ1v) is 9.14. The monoisotopic (exact) mass is 352 g/mol. The summed E-state index contributed by atoms with van der Waals surface area (Å²) in [4.78, 5) is 0. The van der Waals surface area contributed by atoms with Gasteiger partial charge in [-0.05, 0) is 0 Å². The first kappa shape index (κ1) is 17.4. The Kier molecular flexibility index (Phi) is 4.32. The van der Waals surface area contributed by atoms with Gasteiger partial charge in [-0.15, -0.1) is 0 Å². The summed E-state index contributed by atoms with van der Waals surface area (Å²) in [5, 5.41) is 0. The zero-order valence-electron chi connectivity index (χ0n) is 14.9. The van der Waals surface area contributed by atoms with Gasteiger partial charge in [0.1, 0.15) is 0 Å². The van der Waals surface area contributed by atoms with Gasteiger partial charge >= 0.3 is 161 Å².